The zero-order valence-electron chi connectivity index (χ0n) is 11.2. The molecule has 1 aliphatic rings. The highest BCUT2D eigenvalue weighted by atomic mass is 16.4. The van der Waals surface area contributed by atoms with E-state index in [0.29, 0.717) is 0 Å². The minimum atomic E-state index is -1.08. The average molecular weight is 275 g/mol. The van der Waals surface area contributed by atoms with E-state index < -0.39 is 24.0 Å². The number of aliphatic hydroxyl groups excluding tert-OH is 1. The normalized spacial score (nSPS) is 22.4. The lowest BCUT2D eigenvalue weighted by atomic mass is 10.1. The van der Waals surface area contributed by atoms with Gasteiger partial charge in [-0.15, -0.1) is 0 Å². The van der Waals surface area contributed by atoms with Crippen molar-refractivity contribution in [2.24, 2.45) is 0 Å². The van der Waals surface area contributed by atoms with Gasteiger partial charge < -0.3 is 15.1 Å². The lowest BCUT2D eigenvalue weighted by Gasteiger charge is -2.19. The second kappa shape index (κ2) is 5.88. The van der Waals surface area contributed by atoms with Crippen LogP contribution in [0.15, 0.2) is 30.3 Å². The lowest BCUT2D eigenvalue weighted by Crippen LogP contribution is -2.39. The maximum Gasteiger partial charge on any atom is 0.326 e. The zero-order chi connectivity index (χ0) is 14.7. The Balaban J connectivity index is 2.12. The van der Waals surface area contributed by atoms with Gasteiger partial charge in [-0.05, 0) is 24.1 Å². The Bertz CT molecular complexity index is 553. The van der Waals surface area contributed by atoms with Crippen molar-refractivity contribution in [1.29, 1.82) is 0 Å². The molecule has 2 atom stereocenters. The largest absolute Gasteiger partial charge is 0.480 e. The third-order valence-electron chi connectivity index (χ3n) is 3.44. The molecule has 0 saturated carbocycles. The second-order valence-corrected chi connectivity index (χ2v) is 4.92. The summed E-state index contributed by atoms with van der Waals surface area (Å²) in [6.07, 6.45) is 2.34. The molecule has 0 bridgehead atoms. The highest BCUT2D eigenvalue weighted by Crippen LogP contribution is 2.19. The Labute approximate surface area is 117 Å². The summed E-state index contributed by atoms with van der Waals surface area (Å²) in [5.41, 5.74) is 1.94. The number of carboxylic acid groups (broad SMARTS) is 1. The van der Waals surface area contributed by atoms with E-state index in [4.69, 9.17) is 5.11 Å². The van der Waals surface area contributed by atoms with Gasteiger partial charge in [0.15, 0.2) is 0 Å². The summed E-state index contributed by atoms with van der Waals surface area (Å²) >= 11 is 0. The predicted octanol–water partition coefficient (Wildman–Crippen LogP) is 1.05. The molecule has 1 saturated heterocycles. The van der Waals surface area contributed by atoms with Gasteiger partial charge in [0.1, 0.15) is 6.04 Å². The van der Waals surface area contributed by atoms with Crippen LogP contribution in [-0.2, 0) is 9.59 Å². The second-order valence-electron chi connectivity index (χ2n) is 4.92. The number of aliphatic carboxylic acids is 1. The standard InChI is InChI=1S/C15H17NO4/c1-10-4-2-3-5-11(10)6-7-14(18)16-9-12(17)8-13(16)15(19)20/h2-7,12-13,17H,8-9H2,1H3,(H,19,20)/t12-,13-/m1/s1. The summed E-state index contributed by atoms with van der Waals surface area (Å²) in [5.74, 6) is -1.48. The number of β-amino-alcohol motifs (C(OH)–C–C–N with tert-alkyl or cyclic N) is 1. The first-order chi connectivity index (χ1) is 9.49. The van der Waals surface area contributed by atoms with Crippen molar-refractivity contribution in [3.8, 4) is 0 Å². The van der Waals surface area contributed by atoms with Gasteiger partial charge in [0.2, 0.25) is 5.91 Å². The Morgan fingerprint density at radius 3 is 2.70 bits per heavy atom. The van der Waals surface area contributed by atoms with Gasteiger partial charge in [-0.1, -0.05) is 24.3 Å². The van der Waals surface area contributed by atoms with Crippen molar-refractivity contribution in [2.75, 3.05) is 6.54 Å². The van der Waals surface area contributed by atoms with Gasteiger partial charge in [-0.25, -0.2) is 4.79 Å². The monoisotopic (exact) mass is 275 g/mol. The van der Waals surface area contributed by atoms with E-state index in [1.807, 2.05) is 31.2 Å². The van der Waals surface area contributed by atoms with Crippen LogP contribution in [0.3, 0.4) is 0 Å². The summed E-state index contributed by atoms with van der Waals surface area (Å²) in [6, 6.07) is 6.65. The summed E-state index contributed by atoms with van der Waals surface area (Å²) < 4.78 is 0. The molecule has 2 rings (SSSR count). The van der Waals surface area contributed by atoms with Crippen LogP contribution >= 0.6 is 0 Å². The molecule has 1 aromatic rings. The lowest BCUT2D eigenvalue weighted by molar-refractivity contribution is -0.146. The van der Waals surface area contributed by atoms with Crippen molar-refractivity contribution in [3.63, 3.8) is 0 Å². The maximum atomic E-state index is 12.1. The smallest absolute Gasteiger partial charge is 0.326 e. The molecule has 20 heavy (non-hydrogen) atoms. The number of amides is 1. The third kappa shape index (κ3) is 3.05. The number of likely N-dealkylation sites (tertiary alicyclic amines) is 1. The van der Waals surface area contributed by atoms with E-state index in [0.717, 1.165) is 11.1 Å². The van der Waals surface area contributed by atoms with Gasteiger partial charge >= 0.3 is 5.97 Å². The van der Waals surface area contributed by atoms with Gasteiger partial charge in [-0.3, -0.25) is 4.79 Å². The molecule has 0 unspecified atom stereocenters. The molecule has 2 N–H and O–H groups in total. The number of nitrogens with zero attached hydrogens (tertiary/aromatic N) is 1. The van der Waals surface area contributed by atoms with Crippen LogP contribution in [0, 0.1) is 6.92 Å². The number of carboxylic acids is 1. The molecule has 5 heteroatoms. The number of carbonyl (C=O) groups is 2. The number of hydrogen-bond donors (Lipinski definition) is 2. The molecular weight excluding hydrogens is 258 g/mol. The van der Waals surface area contributed by atoms with Crippen LogP contribution in [0.25, 0.3) is 6.08 Å². The van der Waals surface area contributed by atoms with E-state index in [9.17, 15) is 14.7 Å². The molecular formula is C15H17NO4. The van der Waals surface area contributed by atoms with E-state index in [1.165, 1.54) is 11.0 Å². The minimum absolute atomic E-state index is 0.0634. The van der Waals surface area contributed by atoms with Crippen LogP contribution in [-0.4, -0.2) is 45.7 Å². The fourth-order valence-electron chi connectivity index (χ4n) is 2.32. The van der Waals surface area contributed by atoms with E-state index in [2.05, 4.69) is 0 Å². The fraction of sp³-hybridized carbons (Fsp3) is 0.333. The van der Waals surface area contributed by atoms with E-state index in [-0.39, 0.29) is 13.0 Å². The Hall–Kier alpha value is -2.14. The molecule has 0 aromatic heterocycles. The summed E-state index contributed by atoms with van der Waals surface area (Å²) in [7, 11) is 0. The third-order valence-corrected chi connectivity index (χ3v) is 3.44. The summed E-state index contributed by atoms with van der Waals surface area (Å²) in [6.45, 7) is 2.00. The highest BCUT2D eigenvalue weighted by Gasteiger charge is 2.37. The maximum absolute atomic E-state index is 12.1. The minimum Gasteiger partial charge on any atom is -0.480 e. The number of benzene rings is 1. The van der Waals surface area contributed by atoms with Crippen molar-refractivity contribution in [3.05, 3.63) is 41.5 Å². The Morgan fingerprint density at radius 2 is 2.05 bits per heavy atom. The number of aliphatic hydroxyl groups is 1. The Kier molecular flexibility index (Phi) is 4.20. The first-order valence-corrected chi connectivity index (χ1v) is 6.44. The number of aryl methyl sites for hydroxylation is 1. The van der Waals surface area contributed by atoms with Crippen molar-refractivity contribution in [2.45, 2.75) is 25.5 Å². The predicted molar refractivity (Wildman–Crippen MR) is 74.0 cm³/mol. The highest BCUT2D eigenvalue weighted by molar-refractivity contribution is 5.95. The average Bonchev–Trinajstić information content (AvgIpc) is 2.80. The zero-order valence-corrected chi connectivity index (χ0v) is 11.2. The molecule has 1 amide bonds. The van der Waals surface area contributed by atoms with Crippen LogP contribution in [0.2, 0.25) is 0 Å². The van der Waals surface area contributed by atoms with Crippen molar-refractivity contribution >= 4 is 18.0 Å². The molecule has 1 aliphatic heterocycles. The van der Waals surface area contributed by atoms with Gasteiger partial charge in [0.05, 0.1) is 6.10 Å². The van der Waals surface area contributed by atoms with E-state index in [1.54, 1.807) is 6.08 Å². The number of carbonyl (C=O) groups excluding carboxylic acids is 1. The van der Waals surface area contributed by atoms with Crippen LogP contribution < -0.4 is 0 Å². The molecule has 106 valence electrons. The molecule has 0 radical (unpaired) electrons. The molecule has 0 aliphatic carbocycles. The van der Waals surface area contributed by atoms with Gasteiger partial charge in [-0.2, -0.15) is 0 Å². The molecule has 0 spiro atoms. The molecule has 5 nitrogen and oxygen atoms in total. The van der Waals surface area contributed by atoms with E-state index >= 15 is 0 Å². The molecule has 1 heterocycles. The van der Waals surface area contributed by atoms with Gasteiger partial charge in [0.25, 0.3) is 0 Å². The van der Waals surface area contributed by atoms with Crippen molar-refractivity contribution in [1.82, 2.24) is 4.90 Å². The Morgan fingerprint density at radius 1 is 1.35 bits per heavy atom. The quantitative estimate of drug-likeness (QED) is 0.808. The topological polar surface area (TPSA) is 77.8 Å². The first kappa shape index (κ1) is 14.3. The SMILES string of the molecule is Cc1ccccc1C=CC(=O)N1C[C@H](O)C[C@@H]1C(=O)O. The summed E-state index contributed by atoms with van der Waals surface area (Å²) in [4.78, 5) is 24.3. The van der Waals surface area contributed by atoms with Crippen LogP contribution in [0.1, 0.15) is 17.5 Å². The molecule has 1 aromatic carbocycles. The fourth-order valence-corrected chi connectivity index (χ4v) is 2.32. The van der Waals surface area contributed by atoms with Crippen LogP contribution in [0.5, 0.6) is 0 Å². The summed E-state index contributed by atoms with van der Waals surface area (Å²) in [5, 5.41) is 18.6. The van der Waals surface area contributed by atoms with Gasteiger partial charge in [0, 0.05) is 19.0 Å². The molecule has 1 fully saturated rings. The first-order valence-electron chi connectivity index (χ1n) is 6.44. The van der Waals surface area contributed by atoms with Crippen LogP contribution in [0.4, 0.5) is 0 Å². The number of rotatable bonds is 3. The number of hydrogen-bond acceptors (Lipinski definition) is 3. The van der Waals surface area contributed by atoms with Crippen molar-refractivity contribution < 1.29 is 19.8 Å².